The molecule has 1 saturated heterocycles. The van der Waals surface area contributed by atoms with Crippen LogP contribution in [0.25, 0.3) is 17.2 Å². The molecule has 1 aliphatic carbocycles. The van der Waals surface area contributed by atoms with E-state index in [0.717, 1.165) is 30.3 Å². The zero-order valence-electron chi connectivity index (χ0n) is 22.0. The summed E-state index contributed by atoms with van der Waals surface area (Å²) in [6.07, 6.45) is -0.962. The van der Waals surface area contributed by atoms with Gasteiger partial charge in [-0.1, -0.05) is 48.0 Å². The molecule has 41 heavy (non-hydrogen) atoms. The number of fused-ring (bicyclic) bond motifs is 1. The van der Waals surface area contributed by atoms with Gasteiger partial charge in [0, 0.05) is 25.2 Å². The van der Waals surface area contributed by atoms with Gasteiger partial charge in [0.05, 0.1) is 22.8 Å². The number of hydrogen-bond donors (Lipinski definition) is 1. The number of aromatic carboxylic acids is 1. The number of allylic oxidation sites excluding steroid dienone is 1. The van der Waals surface area contributed by atoms with Crippen LogP contribution in [-0.4, -0.2) is 42.3 Å². The topological polar surface area (TPSA) is 40.5 Å². The van der Waals surface area contributed by atoms with E-state index in [1.807, 2.05) is 24.3 Å². The van der Waals surface area contributed by atoms with Crippen LogP contribution in [0.1, 0.15) is 63.0 Å². The highest BCUT2D eigenvalue weighted by Crippen LogP contribution is 2.45. The summed E-state index contributed by atoms with van der Waals surface area (Å²) in [5, 5.41) is 8.96. The maximum absolute atomic E-state index is 14.6. The van der Waals surface area contributed by atoms with Gasteiger partial charge >= 0.3 is 12.1 Å². The highest BCUT2D eigenvalue weighted by Gasteiger charge is 2.36. The molecule has 2 aliphatic rings. The van der Waals surface area contributed by atoms with Crippen molar-refractivity contribution >= 4 is 34.8 Å². The number of halogens is 6. The zero-order chi connectivity index (χ0) is 29.3. The number of hydrogen-bond acceptors (Lipinski definition) is 2. The highest BCUT2D eigenvalue weighted by molar-refractivity contribution is 6.33. The lowest BCUT2D eigenvalue weighted by Gasteiger charge is -2.33. The minimum Gasteiger partial charge on any atom is -0.478 e. The number of carbonyl (C=O) groups is 1. The third-order valence-electron chi connectivity index (χ3n) is 7.50. The van der Waals surface area contributed by atoms with Crippen molar-refractivity contribution in [3.05, 3.63) is 110 Å². The number of alkyl halides is 4. The second kappa shape index (κ2) is 11.8. The van der Waals surface area contributed by atoms with Crippen LogP contribution < -0.4 is 0 Å². The van der Waals surface area contributed by atoms with E-state index >= 15 is 0 Å². The van der Waals surface area contributed by atoms with Crippen LogP contribution in [0.3, 0.4) is 0 Å². The molecular formula is C32H27ClF5NO2. The molecule has 0 saturated carbocycles. The van der Waals surface area contributed by atoms with Gasteiger partial charge in [-0.15, -0.1) is 0 Å². The van der Waals surface area contributed by atoms with E-state index in [0.29, 0.717) is 60.6 Å². The van der Waals surface area contributed by atoms with Gasteiger partial charge in [0.1, 0.15) is 5.82 Å². The van der Waals surface area contributed by atoms with Crippen molar-refractivity contribution in [2.75, 3.05) is 26.3 Å². The van der Waals surface area contributed by atoms with Crippen molar-refractivity contribution in [1.82, 2.24) is 4.90 Å². The molecule has 9 heteroatoms. The van der Waals surface area contributed by atoms with Crippen LogP contribution in [0, 0.1) is 5.82 Å². The molecule has 0 amide bonds. The van der Waals surface area contributed by atoms with Crippen LogP contribution >= 0.6 is 11.6 Å². The summed E-state index contributed by atoms with van der Waals surface area (Å²) in [5.74, 6) is -2.13. The molecule has 3 nitrogen and oxygen atoms in total. The zero-order valence-corrected chi connectivity index (χ0v) is 22.8. The molecule has 1 aliphatic heterocycles. The number of aryl methyl sites for hydroxylation is 1. The Morgan fingerprint density at radius 2 is 1.73 bits per heavy atom. The van der Waals surface area contributed by atoms with Crippen molar-refractivity contribution in [3.8, 4) is 0 Å². The molecule has 0 atom stereocenters. The predicted molar refractivity (Wildman–Crippen MR) is 150 cm³/mol. The Balaban J connectivity index is 1.62. The maximum atomic E-state index is 14.6. The van der Waals surface area contributed by atoms with Crippen LogP contribution in [0.4, 0.5) is 22.0 Å². The number of rotatable bonds is 7. The summed E-state index contributed by atoms with van der Waals surface area (Å²) in [7, 11) is 0. The number of carboxylic acid groups (broad SMARTS) is 1. The minimum absolute atomic E-state index is 0.0295. The third-order valence-corrected chi connectivity index (χ3v) is 7.90. The Kier molecular flexibility index (Phi) is 8.34. The lowest BCUT2D eigenvalue weighted by Crippen LogP contribution is -2.40. The summed E-state index contributed by atoms with van der Waals surface area (Å²) in [4.78, 5) is 13.8. The smallest absolute Gasteiger partial charge is 0.417 e. The van der Waals surface area contributed by atoms with Gasteiger partial charge in [-0.05, 0) is 88.9 Å². The van der Waals surface area contributed by atoms with E-state index in [4.69, 9.17) is 11.6 Å². The molecule has 1 N–H and O–H groups in total. The van der Waals surface area contributed by atoms with Gasteiger partial charge in [0.2, 0.25) is 0 Å². The molecule has 5 rings (SSSR count). The molecule has 0 spiro atoms. The minimum atomic E-state index is -4.84. The number of benzene rings is 3. The molecule has 3 aromatic rings. The van der Waals surface area contributed by atoms with E-state index in [1.54, 1.807) is 12.1 Å². The molecule has 0 radical (unpaired) electrons. The van der Waals surface area contributed by atoms with Crippen molar-refractivity contribution in [3.63, 3.8) is 0 Å². The molecule has 214 valence electrons. The Morgan fingerprint density at radius 1 is 1.00 bits per heavy atom. The first-order chi connectivity index (χ1) is 19.5. The summed E-state index contributed by atoms with van der Waals surface area (Å²) >= 11 is 6.32. The molecule has 0 aromatic heterocycles. The second-order valence-corrected chi connectivity index (χ2v) is 10.8. The lowest BCUT2D eigenvalue weighted by atomic mass is 9.86. The summed E-state index contributed by atoms with van der Waals surface area (Å²) in [6.45, 7) is 1.92. The molecule has 0 unspecified atom stereocenters. The highest BCUT2D eigenvalue weighted by atomic mass is 35.5. The average Bonchev–Trinajstić information content (AvgIpc) is 3.09. The quantitative estimate of drug-likeness (QED) is 0.282. The van der Waals surface area contributed by atoms with E-state index < -0.39 is 28.5 Å². The second-order valence-electron chi connectivity index (χ2n) is 10.4. The van der Waals surface area contributed by atoms with E-state index in [-0.39, 0.29) is 17.8 Å². The first-order valence-electron chi connectivity index (χ1n) is 13.3. The fraction of sp³-hybridized carbons (Fsp3) is 0.281. The molecule has 1 heterocycles. The standard InChI is InChI=1S/C32H27ClF5NO2/c33-30-27(15-24(35)16-28(30)32(36,37)38)26-4-1-3-22-14-23(31(40)41)9-10-25(22)29(26)21-7-5-19(6-8-21)13-20-17-39(18-20)12-2-11-34/h5-10,13-16H,1-4,11-12,17-18H2,(H,40,41). The Hall–Kier alpha value is -3.49. The van der Waals surface area contributed by atoms with Crippen molar-refractivity contribution in [2.24, 2.45) is 0 Å². The van der Waals surface area contributed by atoms with Crippen LogP contribution in [0.5, 0.6) is 0 Å². The van der Waals surface area contributed by atoms with Crippen molar-refractivity contribution < 1.29 is 31.9 Å². The number of likely N-dealkylation sites (tertiary alicyclic amines) is 1. The van der Waals surface area contributed by atoms with Gasteiger partial charge in [-0.25, -0.2) is 9.18 Å². The fourth-order valence-electron chi connectivity index (χ4n) is 5.58. The number of carboxylic acids is 1. The lowest BCUT2D eigenvalue weighted by molar-refractivity contribution is -0.137. The first-order valence-corrected chi connectivity index (χ1v) is 13.7. The van der Waals surface area contributed by atoms with Crippen LogP contribution in [-0.2, 0) is 12.6 Å². The van der Waals surface area contributed by atoms with Crippen LogP contribution in [0.15, 0.2) is 60.2 Å². The Labute approximate surface area is 239 Å². The SMILES string of the molecule is O=C(O)c1ccc2c(c1)CCCC(c1cc(F)cc(C(F)(F)F)c1Cl)=C2c1ccc(C=C2CN(CCCF)C2)cc1. The molecule has 1 fully saturated rings. The van der Waals surface area contributed by atoms with Gasteiger partial charge in [-0.3, -0.25) is 9.29 Å². The first kappa shape index (κ1) is 29.0. The average molecular weight is 588 g/mol. The van der Waals surface area contributed by atoms with E-state index in [2.05, 4.69) is 11.0 Å². The predicted octanol–water partition coefficient (Wildman–Crippen LogP) is 8.55. The van der Waals surface area contributed by atoms with Gasteiger partial charge in [-0.2, -0.15) is 13.2 Å². The van der Waals surface area contributed by atoms with Crippen molar-refractivity contribution in [1.29, 1.82) is 0 Å². The third kappa shape index (κ3) is 6.23. The monoisotopic (exact) mass is 587 g/mol. The summed E-state index contributed by atoms with van der Waals surface area (Å²) in [5.41, 5.74) is 4.16. The molecule has 3 aromatic carbocycles. The number of nitrogens with zero attached hydrogens (tertiary/aromatic N) is 1. The summed E-state index contributed by atoms with van der Waals surface area (Å²) < 4.78 is 68.3. The normalized spacial score (nSPS) is 15.8. The van der Waals surface area contributed by atoms with Crippen LogP contribution in [0.2, 0.25) is 5.02 Å². The summed E-state index contributed by atoms with van der Waals surface area (Å²) in [6, 6.07) is 13.7. The largest absolute Gasteiger partial charge is 0.478 e. The maximum Gasteiger partial charge on any atom is 0.417 e. The Morgan fingerprint density at radius 3 is 2.39 bits per heavy atom. The van der Waals surface area contributed by atoms with Gasteiger partial charge in [0.25, 0.3) is 0 Å². The van der Waals surface area contributed by atoms with E-state index in [1.165, 1.54) is 11.6 Å². The van der Waals surface area contributed by atoms with Gasteiger partial charge < -0.3 is 5.11 Å². The van der Waals surface area contributed by atoms with Gasteiger partial charge in [0.15, 0.2) is 0 Å². The van der Waals surface area contributed by atoms with E-state index in [9.17, 15) is 31.9 Å². The Bertz CT molecular complexity index is 1530. The molecular weight excluding hydrogens is 561 g/mol. The molecule has 0 bridgehead atoms. The fourth-order valence-corrected chi connectivity index (χ4v) is 5.91. The van der Waals surface area contributed by atoms with Crippen molar-refractivity contribution in [2.45, 2.75) is 31.9 Å².